The maximum atomic E-state index is 10.9. The number of allylic oxidation sites excluding steroid dienone is 2. The molecule has 0 spiro atoms. The topological polar surface area (TPSA) is 79.5 Å². The molecule has 0 fully saturated rings. The first-order valence-corrected chi connectivity index (χ1v) is 10.4. The number of nitriles is 1. The Hall–Kier alpha value is -1.31. The molecule has 0 aliphatic carbocycles. The lowest BCUT2D eigenvalue weighted by atomic mass is 10.0. The molecule has 0 atom stereocenters. The molecular weight excluding hydrogens is 423 g/mol. The first kappa shape index (κ1) is 16.1. The second kappa shape index (κ2) is 6.64. The molecule has 1 aliphatic rings. The molecule has 1 aliphatic heterocycles. The molecule has 0 unspecified atom stereocenters. The van der Waals surface area contributed by atoms with Gasteiger partial charge in [0.2, 0.25) is 0 Å². The Labute approximate surface area is 139 Å². The van der Waals surface area contributed by atoms with E-state index in [0.717, 1.165) is 32.3 Å². The number of benzene rings is 1. The lowest BCUT2D eigenvalue weighted by molar-refractivity contribution is 0.355. The molecule has 21 heavy (non-hydrogen) atoms. The second-order valence-corrected chi connectivity index (χ2v) is 9.23. The minimum atomic E-state index is -3.66. The van der Waals surface area contributed by atoms with Gasteiger partial charge in [-0.3, -0.25) is 4.28 Å². The highest BCUT2D eigenvalue weighted by Gasteiger charge is 2.17. The van der Waals surface area contributed by atoms with Crippen molar-refractivity contribution < 1.29 is 12.7 Å². The van der Waals surface area contributed by atoms with Crippen LogP contribution in [0, 0.1) is 18.3 Å². The Kier molecular flexibility index (Phi) is 5.08. The maximum Gasteiger partial charge on any atom is 0.383 e. The van der Waals surface area contributed by atoms with Crippen LogP contribution in [0.2, 0.25) is 0 Å². The van der Waals surface area contributed by atoms with Crippen LogP contribution in [0.25, 0.3) is 5.57 Å². The number of aryl methyl sites for hydroxylation is 1. The van der Waals surface area contributed by atoms with E-state index < -0.39 is 7.29 Å². The van der Waals surface area contributed by atoms with Crippen molar-refractivity contribution in [1.29, 1.82) is 5.26 Å². The molecule has 5 nitrogen and oxygen atoms in total. The smallest absolute Gasteiger partial charge is 0.260 e. The van der Waals surface area contributed by atoms with E-state index in [2.05, 4.69) is 15.5 Å². The first-order valence-electron chi connectivity index (χ1n) is 5.68. The molecular formula is C13H9IN2O3S2. The Bertz CT molecular complexity index is 805. The van der Waals surface area contributed by atoms with Crippen LogP contribution in [0.1, 0.15) is 11.1 Å². The maximum absolute atomic E-state index is 10.9. The molecule has 1 heterocycles. The van der Waals surface area contributed by atoms with Crippen molar-refractivity contribution in [2.45, 2.75) is 6.92 Å². The minimum absolute atomic E-state index is 0.381. The Morgan fingerprint density at radius 2 is 2.10 bits per heavy atom. The standard InChI is InChI=1S/C13H9IN2O3S2/c1-9-4-2-3-5-10(9)11(8-15)12-6-7-13(20-12)16-19-21(14,17)18/h2-7H,1H3/b12-11-,16-13+. The van der Waals surface area contributed by atoms with E-state index in [1.165, 1.54) is 11.8 Å². The Balaban J connectivity index is 2.32. The van der Waals surface area contributed by atoms with Gasteiger partial charge < -0.3 is 0 Å². The van der Waals surface area contributed by atoms with E-state index in [0.29, 0.717) is 15.5 Å². The van der Waals surface area contributed by atoms with Gasteiger partial charge in [0.1, 0.15) is 32.3 Å². The molecule has 1 aromatic carbocycles. The summed E-state index contributed by atoms with van der Waals surface area (Å²) in [5.74, 6) is 0. The molecule has 0 radical (unpaired) electrons. The molecule has 0 N–H and O–H groups in total. The van der Waals surface area contributed by atoms with Gasteiger partial charge in [0.25, 0.3) is 0 Å². The van der Waals surface area contributed by atoms with Gasteiger partial charge in [-0.25, -0.2) is 0 Å². The number of hydrogen-bond donors (Lipinski definition) is 0. The summed E-state index contributed by atoms with van der Waals surface area (Å²) in [7, 11) is -3.66. The van der Waals surface area contributed by atoms with Crippen molar-refractivity contribution in [3.63, 3.8) is 0 Å². The second-order valence-electron chi connectivity index (χ2n) is 4.00. The lowest BCUT2D eigenvalue weighted by Gasteiger charge is -2.05. The van der Waals surface area contributed by atoms with Crippen molar-refractivity contribution >= 4 is 50.9 Å². The molecule has 108 valence electrons. The fourth-order valence-corrected chi connectivity index (χ4v) is 2.98. The zero-order valence-corrected chi connectivity index (χ0v) is 14.6. The zero-order valence-electron chi connectivity index (χ0n) is 10.8. The third kappa shape index (κ3) is 4.33. The van der Waals surface area contributed by atoms with Crippen molar-refractivity contribution in [2.24, 2.45) is 5.16 Å². The highest BCUT2D eigenvalue weighted by Crippen LogP contribution is 2.34. The summed E-state index contributed by atoms with van der Waals surface area (Å²) in [5, 5.41) is 13.3. The third-order valence-corrected chi connectivity index (χ3v) is 4.30. The number of thioether (sulfide) groups is 1. The van der Waals surface area contributed by atoms with Crippen LogP contribution < -0.4 is 0 Å². The van der Waals surface area contributed by atoms with E-state index in [-0.39, 0.29) is 0 Å². The predicted molar refractivity (Wildman–Crippen MR) is 91.9 cm³/mol. The van der Waals surface area contributed by atoms with Crippen LogP contribution in [-0.2, 0) is 11.6 Å². The largest absolute Gasteiger partial charge is 0.383 e. The van der Waals surface area contributed by atoms with Crippen molar-refractivity contribution in [1.82, 2.24) is 0 Å². The zero-order chi connectivity index (χ0) is 15.5. The molecule has 0 bridgehead atoms. The van der Waals surface area contributed by atoms with E-state index in [4.69, 9.17) is 0 Å². The monoisotopic (exact) mass is 432 g/mol. The molecule has 0 saturated carbocycles. The summed E-state index contributed by atoms with van der Waals surface area (Å²) in [6.07, 6.45) is 3.33. The Morgan fingerprint density at radius 3 is 2.71 bits per heavy atom. The van der Waals surface area contributed by atoms with Crippen LogP contribution in [0.3, 0.4) is 0 Å². The van der Waals surface area contributed by atoms with E-state index >= 15 is 0 Å². The summed E-state index contributed by atoms with van der Waals surface area (Å²) < 4.78 is 26.1. The normalized spacial score (nSPS) is 18.6. The minimum Gasteiger partial charge on any atom is -0.260 e. The van der Waals surface area contributed by atoms with Gasteiger partial charge in [0.05, 0.1) is 5.57 Å². The molecule has 0 amide bonds. The van der Waals surface area contributed by atoms with E-state index in [1.807, 2.05) is 31.2 Å². The fraction of sp³-hybridized carbons (Fsp3) is 0.0769. The number of hydrogen-bond acceptors (Lipinski definition) is 6. The highest BCUT2D eigenvalue weighted by atomic mass is 127. The summed E-state index contributed by atoms with van der Waals surface area (Å²) in [6, 6.07) is 9.76. The summed E-state index contributed by atoms with van der Waals surface area (Å²) >= 11 is 2.34. The number of oxime groups is 1. The SMILES string of the molecule is Cc1ccccc1/C(C#N)=C1C=C/C(=N\OS(=O)(=O)I)S/1. The third-order valence-electron chi connectivity index (χ3n) is 2.58. The van der Waals surface area contributed by atoms with Gasteiger partial charge >= 0.3 is 7.29 Å². The predicted octanol–water partition coefficient (Wildman–Crippen LogP) is 3.54. The lowest BCUT2D eigenvalue weighted by Crippen LogP contribution is -1.92. The van der Waals surface area contributed by atoms with E-state index in [9.17, 15) is 13.7 Å². The van der Waals surface area contributed by atoms with Crippen LogP contribution in [-0.4, -0.2) is 13.5 Å². The van der Waals surface area contributed by atoms with Gasteiger partial charge in [-0.15, -0.1) is 0 Å². The quantitative estimate of drug-likeness (QED) is 0.316. The molecule has 2 rings (SSSR count). The van der Waals surface area contributed by atoms with Crippen molar-refractivity contribution in [3.05, 3.63) is 52.4 Å². The van der Waals surface area contributed by atoms with Crippen LogP contribution >= 0.6 is 33.0 Å². The van der Waals surface area contributed by atoms with Crippen LogP contribution in [0.5, 0.6) is 0 Å². The molecule has 0 aromatic heterocycles. The van der Waals surface area contributed by atoms with Gasteiger partial charge in [-0.2, -0.15) is 13.7 Å². The van der Waals surface area contributed by atoms with Crippen molar-refractivity contribution in [2.75, 3.05) is 0 Å². The Morgan fingerprint density at radius 1 is 1.38 bits per heavy atom. The highest BCUT2D eigenvalue weighted by molar-refractivity contribution is 14.2. The van der Waals surface area contributed by atoms with Crippen LogP contribution in [0.15, 0.2) is 46.5 Å². The number of rotatable bonds is 3. The molecule has 0 saturated heterocycles. The summed E-state index contributed by atoms with van der Waals surface area (Å²) in [6.45, 7) is 1.93. The summed E-state index contributed by atoms with van der Waals surface area (Å²) in [5.41, 5.74) is 2.36. The molecule has 1 aromatic rings. The summed E-state index contributed by atoms with van der Waals surface area (Å²) in [4.78, 5) is 0.708. The van der Waals surface area contributed by atoms with Gasteiger partial charge in [-0.1, -0.05) is 41.2 Å². The average molecular weight is 432 g/mol. The van der Waals surface area contributed by atoms with E-state index in [1.54, 1.807) is 12.2 Å². The van der Waals surface area contributed by atoms with Crippen molar-refractivity contribution in [3.8, 4) is 6.07 Å². The average Bonchev–Trinajstić information content (AvgIpc) is 2.87. The number of nitrogens with zero attached hydrogens (tertiary/aromatic N) is 2. The number of halogens is 1. The van der Waals surface area contributed by atoms with Gasteiger partial charge in [-0.05, 0) is 30.2 Å². The fourth-order valence-electron chi connectivity index (χ4n) is 1.69. The van der Waals surface area contributed by atoms with Gasteiger partial charge in [0.15, 0.2) is 0 Å². The molecule has 8 heteroatoms. The van der Waals surface area contributed by atoms with Gasteiger partial charge in [0, 0.05) is 4.91 Å². The first-order chi connectivity index (χ1) is 9.90. The van der Waals surface area contributed by atoms with Crippen LogP contribution in [0.4, 0.5) is 0 Å².